The molecule has 61 heavy (non-hydrogen) atoms. The largest absolute Gasteiger partial charge is 0.310 e. The van der Waals surface area contributed by atoms with Gasteiger partial charge in [0.2, 0.25) is 0 Å². The van der Waals surface area contributed by atoms with Crippen LogP contribution < -0.4 is 4.90 Å². The van der Waals surface area contributed by atoms with Crippen LogP contribution in [0.4, 0.5) is 17.1 Å². The van der Waals surface area contributed by atoms with Gasteiger partial charge < -0.3 is 9.47 Å². The van der Waals surface area contributed by atoms with Crippen LogP contribution in [0.5, 0.6) is 0 Å². The first kappa shape index (κ1) is 34.3. The van der Waals surface area contributed by atoms with Gasteiger partial charge in [0.05, 0.1) is 16.7 Å². The van der Waals surface area contributed by atoms with Crippen LogP contribution in [0.2, 0.25) is 0 Å². The minimum Gasteiger partial charge on any atom is -0.310 e. The molecule has 4 aliphatic rings. The first-order chi connectivity index (χ1) is 30.2. The Balaban J connectivity index is 0.903. The summed E-state index contributed by atoms with van der Waals surface area (Å²) >= 11 is 1.91. The molecule has 0 aliphatic heterocycles. The molecule has 2 aromatic heterocycles. The third-order valence-electron chi connectivity index (χ3n) is 15.8. The van der Waals surface area contributed by atoms with E-state index in [1.165, 1.54) is 113 Å². The van der Waals surface area contributed by atoms with E-state index in [9.17, 15) is 0 Å². The van der Waals surface area contributed by atoms with Crippen molar-refractivity contribution in [3.63, 3.8) is 0 Å². The molecule has 0 spiro atoms. The van der Waals surface area contributed by atoms with Gasteiger partial charge in [0.15, 0.2) is 0 Å². The van der Waals surface area contributed by atoms with E-state index in [4.69, 9.17) is 0 Å². The van der Waals surface area contributed by atoms with Crippen molar-refractivity contribution in [2.45, 2.75) is 31.1 Å². The lowest BCUT2D eigenvalue weighted by molar-refractivity contribution is 0.0688. The minimum atomic E-state index is 0.304. The Morgan fingerprint density at radius 2 is 1.05 bits per heavy atom. The first-order valence-electron chi connectivity index (χ1n) is 22.3. The molecule has 10 aromatic rings. The predicted molar refractivity (Wildman–Crippen MR) is 257 cm³/mol. The zero-order chi connectivity index (χ0) is 39.8. The maximum Gasteiger partial charge on any atom is 0.0541 e. The molecule has 3 heteroatoms. The van der Waals surface area contributed by atoms with E-state index in [2.05, 4.69) is 198 Å². The number of hydrogen-bond donors (Lipinski definition) is 0. The van der Waals surface area contributed by atoms with Crippen LogP contribution in [0.15, 0.2) is 188 Å². The molecule has 0 amide bonds. The molecule has 2 heterocycles. The summed E-state index contributed by atoms with van der Waals surface area (Å²) in [6, 6.07) is 70.5. The highest BCUT2D eigenvalue weighted by Gasteiger charge is 2.73. The SMILES string of the molecule is c1ccc(-n2c3ccccc3c3ccccc32)c(-c2ccc(N(c3ccc(-c4cccc5c4sc4ccccc45)cc3)c3ccccc3[C@]34CC5C[C@H]6CC(C3)[C@H]6C54)cc2)c1. The van der Waals surface area contributed by atoms with Gasteiger partial charge in [-0.1, -0.05) is 133 Å². The second kappa shape index (κ2) is 12.8. The van der Waals surface area contributed by atoms with Crippen molar-refractivity contribution in [3.05, 3.63) is 194 Å². The molecule has 4 aliphatic carbocycles. The number of aromatic nitrogens is 1. The fraction of sp³-hybridized carbons (Fsp3) is 0.172. The molecule has 4 saturated carbocycles. The molecule has 4 fully saturated rings. The Hall–Kier alpha value is -6.42. The van der Waals surface area contributed by atoms with Gasteiger partial charge in [-0.15, -0.1) is 11.3 Å². The van der Waals surface area contributed by atoms with E-state index in [1.54, 1.807) is 5.56 Å². The Morgan fingerprint density at radius 3 is 1.82 bits per heavy atom. The summed E-state index contributed by atoms with van der Waals surface area (Å²) in [7, 11) is 0. The van der Waals surface area contributed by atoms with Crippen LogP contribution in [-0.2, 0) is 5.41 Å². The summed E-state index contributed by atoms with van der Waals surface area (Å²) in [6.07, 6.45) is 5.68. The topological polar surface area (TPSA) is 8.17 Å². The Labute approximate surface area is 360 Å². The average Bonchev–Trinajstić information content (AvgIpc) is 3.97. The third kappa shape index (κ3) is 4.79. The normalized spacial score (nSPS) is 23.4. The summed E-state index contributed by atoms with van der Waals surface area (Å²) in [5.41, 5.74) is 14.3. The van der Waals surface area contributed by atoms with Crippen molar-refractivity contribution < 1.29 is 0 Å². The van der Waals surface area contributed by atoms with Gasteiger partial charge in [0, 0.05) is 59.0 Å². The van der Waals surface area contributed by atoms with Crippen molar-refractivity contribution in [3.8, 4) is 27.9 Å². The molecule has 0 radical (unpaired) electrons. The van der Waals surface area contributed by atoms with Crippen LogP contribution in [0.1, 0.15) is 31.2 Å². The number of benzene rings is 8. The summed E-state index contributed by atoms with van der Waals surface area (Å²) in [5, 5.41) is 5.25. The standard InChI is InChI=1S/C58H44N2S/c1-6-19-50(60-51-20-7-2-13-45(51)46-14-3-8-21-52(46)60)43(12-1)36-24-28-41(29-25-36)59(53-22-9-5-18-49(53)58-34-39-32-38-33-40(35-58)56(58)55(38)39)42-30-26-37(27-31-42)44-16-11-17-48-47-15-4-10-23-54(47)61-57(44)48/h1-31,38-40,55-56H,32-35H2/t38-,39?,40?,55+,56?,58-/m1/s1. The minimum absolute atomic E-state index is 0.304. The van der Waals surface area contributed by atoms with E-state index in [-0.39, 0.29) is 0 Å². The fourth-order valence-corrected chi connectivity index (χ4v) is 14.8. The van der Waals surface area contributed by atoms with Crippen LogP contribution in [0.25, 0.3) is 69.9 Å². The second-order valence-corrected chi connectivity index (χ2v) is 19.6. The molecule has 0 saturated heterocycles. The smallest absolute Gasteiger partial charge is 0.0541 e. The zero-order valence-electron chi connectivity index (χ0n) is 33.9. The van der Waals surface area contributed by atoms with E-state index in [0.717, 1.165) is 29.6 Å². The number of fused-ring (bicyclic) bond motifs is 6. The number of thiophene rings is 1. The molecule has 0 N–H and O–H groups in total. The van der Waals surface area contributed by atoms with Crippen molar-refractivity contribution >= 4 is 70.4 Å². The summed E-state index contributed by atoms with van der Waals surface area (Å²) in [5.74, 6) is 4.67. The maximum atomic E-state index is 2.58. The van der Waals surface area contributed by atoms with Crippen LogP contribution in [0.3, 0.4) is 0 Å². The van der Waals surface area contributed by atoms with Crippen LogP contribution >= 0.6 is 11.3 Å². The Kier molecular flexibility index (Phi) is 7.20. The Bertz CT molecular complexity index is 3320. The first-order valence-corrected chi connectivity index (χ1v) is 23.1. The van der Waals surface area contributed by atoms with Crippen molar-refractivity contribution in [1.29, 1.82) is 0 Å². The third-order valence-corrected chi connectivity index (χ3v) is 17.0. The van der Waals surface area contributed by atoms with Gasteiger partial charge in [-0.2, -0.15) is 0 Å². The van der Waals surface area contributed by atoms with Crippen molar-refractivity contribution in [2.24, 2.45) is 29.6 Å². The van der Waals surface area contributed by atoms with E-state index < -0.39 is 0 Å². The van der Waals surface area contributed by atoms with Gasteiger partial charge in [0.25, 0.3) is 0 Å². The van der Waals surface area contributed by atoms with Crippen LogP contribution in [0, 0.1) is 29.6 Å². The zero-order valence-corrected chi connectivity index (χ0v) is 34.7. The Morgan fingerprint density at radius 1 is 0.475 bits per heavy atom. The summed E-state index contributed by atoms with van der Waals surface area (Å²) < 4.78 is 5.15. The van der Waals surface area contributed by atoms with E-state index in [0.29, 0.717) is 5.41 Å². The second-order valence-electron chi connectivity index (χ2n) is 18.5. The molecule has 14 rings (SSSR count). The quantitative estimate of drug-likeness (QED) is 0.156. The maximum absolute atomic E-state index is 2.58. The van der Waals surface area contributed by atoms with E-state index in [1.807, 2.05) is 11.3 Å². The number of anilines is 3. The van der Waals surface area contributed by atoms with Crippen molar-refractivity contribution in [2.75, 3.05) is 4.90 Å². The molecule has 3 unspecified atom stereocenters. The lowest BCUT2D eigenvalue weighted by Gasteiger charge is -2.52. The number of hydrogen-bond acceptors (Lipinski definition) is 2. The van der Waals surface area contributed by atoms with Crippen LogP contribution in [-0.4, -0.2) is 4.57 Å². The predicted octanol–water partition coefficient (Wildman–Crippen LogP) is 15.9. The lowest BCUT2D eigenvalue weighted by Crippen LogP contribution is -2.47. The fourth-order valence-electron chi connectivity index (χ4n) is 13.5. The van der Waals surface area contributed by atoms with Gasteiger partial charge in [0.1, 0.15) is 0 Å². The van der Waals surface area contributed by atoms with Gasteiger partial charge in [-0.05, 0) is 132 Å². The lowest BCUT2D eigenvalue weighted by atomic mass is 9.53. The van der Waals surface area contributed by atoms with Gasteiger partial charge >= 0.3 is 0 Å². The molecule has 2 nitrogen and oxygen atoms in total. The highest BCUT2D eigenvalue weighted by molar-refractivity contribution is 7.26. The highest BCUT2D eigenvalue weighted by atomic mass is 32.1. The van der Waals surface area contributed by atoms with Crippen molar-refractivity contribution in [1.82, 2.24) is 4.57 Å². The monoisotopic (exact) mass is 800 g/mol. The molecule has 8 aromatic carbocycles. The summed E-state index contributed by atoms with van der Waals surface area (Å²) in [6.45, 7) is 0. The number of para-hydroxylation sites is 4. The highest BCUT2D eigenvalue weighted by Crippen LogP contribution is 2.79. The number of nitrogens with zero attached hydrogens (tertiary/aromatic N) is 2. The molecule has 6 atom stereocenters. The molecule has 292 valence electrons. The average molecular weight is 801 g/mol. The van der Waals surface area contributed by atoms with Gasteiger partial charge in [-0.25, -0.2) is 0 Å². The summed E-state index contributed by atoms with van der Waals surface area (Å²) in [4.78, 5) is 2.58. The number of rotatable bonds is 7. The molecular formula is C58H44N2S. The van der Waals surface area contributed by atoms with E-state index >= 15 is 0 Å². The van der Waals surface area contributed by atoms with Gasteiger partial charge in [-0.3, -0.25) is 0 Å². The molecule has 0 bridgehead atoms. The molecular weight excluding hydrogens is 757 g/mol.